The van der Waals surface area contributed by atoms with Crippen LogP contribution in [0.25, 0.3) is 11.4 Å². The smallest absolute Gasteiger partial charge is 0.259 e. The highest BCUT2D eigenvalue weighted by Crippen LogP contribution is 2.25. The highest BCUT2D eigenvalue weighted by atomic mass is 79.9. The first-order valence-electron chi connectivity index (χ1n) is 7.94. The fourth-order valence-electron chi connectivity index (χ4n) is 2.39. The van der Waals surface area contributed by atoms with Crippen LogP contribution >= 0.6 is 15.9 Å². The summed E-state index contributed by atoms with van der Waals surface area (Å²) in [6.45, 7) is 6.52. The highest BCUT2D eigenvalue weighted by Gasteiger charge is 2.15. The Balaban J connectivity index is 1.76. The first kappa shape index (κ1) is 17.4. The van der Waals surface area contributed by atoms with Gasteiger partial charge in [0, 0.05) is 10.0 Å². The second kappa shape index (κ2) is 6.80. The van der Waals surface area contributed by atoms with Gasteiger partial charge in [0.1, 0.15) is 0 Å². The van der Waals surface area contributed by atoms with E-state index in [0.29, 0.717) is 11.4 Å². The van der Waals surface area contributed by atoms with Crippen LogP contribution in [-0.2, 0) is 5.41 Å². The first-order chi connectivity index (χ1) is 11.8. The van der Waals surface area contributed by atoms with Crippen LogP contribution in [0.1, 0.15) is 36.7 Å². The maximum absolute atomic E-state index is 12.3. The molecule has 3 aromatic rings. The lowest BCUT2D eigenvalue weighted by atomic mass is 9.87. The van der Waals surface area contributed by atoms with Crippen LogP contribution in [0.2, 0.25) is 0 Å². The van der Waals surface area contributed by atoms with Gasteiger partial charge in [0.05, 0.1) is 5.56 Å². The molecule has 0 atom stereocenters. The molecule has 0 saturated carbocycles. The molecule has 0 aliphatic carbocycles. The molecule has 2 N–H and O–H groups in total. The summed E-state index contributed by atoms with van der Waals surface area (Å²) in [7, 11) is 0. The van der Waals surface area contributed by atoms with Crippen LogP contribution in [0.3, 0.4) is 0 Å². The maximum Gasteiger partial charge on any atom is 0.259 e. The van der Waals surface area contributed by atoms with Crippen molar-refractivity contribution >= 4 is 27.8 Å². The van der Waals surface area contributed by atoms with Gasteiger partial charge in [0.2, 0.25) is 5.95 Å². The van der Waals surface area contributed by atoms with Crippen LogP contribution in [0.15, 0.2) is 53.0 Å². The number of nitrogens with zero attached hydrogens (tertiary/aromatic N) is 2. The van der Waals surface area contributed by atoms with Gasteiger partial charge in [-0.1, -0.05) is 57.2 Å². The van der Waals surface area contributed by atoms with Crippen LogP contribution in [-0.4, -0.2) is 21.1 Å². The number of carbonyl (C=O) groups excluding carboxylic acids is 1. The quantitative estimate of drug-likeness (QED) is 0.666. The van der Waals surface area contributed by atoms with Crippen LogP contribution in [0.5, 0.6) is 0 Å². The van der Waals surface area contributed by atoms with E-state index in [0.717, 1.165) is 10.0 Å². The third-order valence-electron chi connectivity index (χ3n) is 3.85. The predicted octanol–water partition coefficient (Wildman–Crippen LogP) is 4.78. The number of aromatic amines is 1. The number of benzene rings is 2. The minimum Gasteiger partial charge on any atom is -0.289 e. The number of aromatic nitrogens is 3. The Morgan fingerprint density at radius 3 is 2.40 bits per heavy atom. The molecule has 1 heterocycles. The standard InChI is InChI=1S/C19H19BrN4O/c1-19(2,3)13-10-8-12(9-11-13)16-21-18(24-23-16)22-17(25)14-6-4-5-7-15(14)20/h4-11H,1-3H3,(H2,21,22,23,24,25). The Kier molecular flexibility index (Phi) is 4.72. The van der Waals surface area contributed by atoms with Gasteiger partial charge >= 0.3 is 0 Å². The highest BCUT2D eigenvalue weighted by molar-refractivity contribution is 9.10. The largest absolute Gasteiger partial charge is 0.289 e. The Labute approximate surface area is 155 Å². The normalized spacial score (nSPS) is 11.4. The topological polar surface area (TPSA) is 70.7 Å². The molecule has 0 fully saturated rings. The molecule has 25 heavy (non-hydrogen) atoms. The molecule has 1 amide bonds. The van der Waals surface area contributed by atoms with E-state index in [-0.39, 0.29) is 17.3 Å². The third kappa shape index (κ3) is 3.96. The number of rotatable bonds is 3. The fraction of sp³-hybridized carbons (Fsp3) is 0.211. The summed E-state index contributed by atoms with van der Waals surface area (Å²) >= 11 is 3.37. The average molecular weight is 399 g/mol. The van der Waals surface area contributed by atoms with E-state index >= 15 is 0 Å². The number of anilines is 1. The zero-order valence-electron chi connectivity index (χ0n) is 14.3. The van der Waals surface area contributed by atoms with Crippen molar-refractivity contribution in [2.24, 2.45) is 0 Å². The number of halogens is 1. The van der Waals surface area contributed by atoms with Crippen molar-refractivity contribution in [2.75, 3.05) is 5.32 Å². The molecule has 128 valence electrons. The molecular weight excluding hydrogens is 380 g/mol. The van der Waals surface area contributed by atoms with Gasteiger partial charge in [-0.2, -0.15) is 4.98 Å². The van der Waals surface area contributed by atoms with E-state index in [9.17, 15) is 4.79 Å². The molecule has 5 nitrogen and oxygen atoms in total. The summed E-state index contributed by atoms with van der Waals surface area (Å²) in [4.78, 5) is 16.7. The summed E-state index contributed by atoms with van der Waals surface area (Å²) in [5, 5.41) is 9.64. The molecule has 0 aliphatic heterocycles. The number of hydrogen-bond donors (Lipinski definition) is 2. The van der Waals surface area contributed by atoms with Gasteiger partial charge in [0.15, 0.2) is 5.82 Å². The van der Waals surface area contributed by atoms with E-state index in [1.165, 1.54) is 5.56 Å². The van der Waals surface area contributed by atoms with Crippen LogP contribution in [0.4, 0.5) is 5.95 Å². The summed E-state index contributed by atoms with van der Waals surface area (Å²) in [6, 6.07) is 15.4. The third-order valence-corrected chi connectivity index (χ3v) is 4.55. The Morgan fingerprint density at radius 1 is 1.08 bits per heavy atom. The first-order valence-corrected chi connectivity index (χ1v) is 8.73. The molecule has 0 saturated heterocycles. The lowest BCUT2D eigenvalue weighted by Gasteiger charge is -2.18. The van der Waals surface area contributed by atoms with Crippen LogP contribution in [0, 0.1) is 0 Å². The minimum atomic E-state index is -0.263. The van der Waals surface area contributed by atoms with Crippen molar-refractivity contribution in [1.82, 2.24) is 15.2 Å². The van der Waals surface area contributed by atoms with E-state index < -0.39 is 0 Å². The van der Waals surface area contributed by atoms with E-state index in [2.05, 4.69) is 69.3 Å². The van der Waals surface area contributed by atoms with Crippen molar-refractivity contribution in [1.29, 1.82) is 0 Å². The van der Waals surface area contributed by atoms with Gasteiger partial charge in [-0.15, -0.1) is 5.10 Å². The molecule has 0 spiro atoms. The zero-order chi connectivity index (χ0) is 18.0. The van der Waals surface area contributed by atoms with Gasteiger partial charge < -0.3 is 0 Å². The molecule has 6 heteroatoms. The summed E-state index contributed by atoms with van der Waals surface area (Å²) < 4.78 is 0.723. The predicted molar refractivity (Wildman–Crippen MR) is 103 cm³/mol. The molecular formula is C19H19BrN4O. The number of carbonyl (C=O) groups is 1. The minimum absolute atomic E-state index is 0.0994. The molecule has 2 aromatic carbocycles. The van der Waals surface area contributed by atoms with E-state index in [1.54, 1.807) is 12.1 Å². The number of hydrogen-bond acceptors (Lipinski definition) is 3. The van der Waals surface area contributed by atoms with Gasteiger partial charge in [-0.05, 0) is 39.0 Å². The van der Waals surface area contributed by atoms with Crippen molar-refractivity contribution < 1.29 is 4.79 Å². The fourth-order valence-corrected chi connectivity index (χ4v) is 2.85. The van der Waals surface area contributed by atoms with Gasteiger partial charge in [0.25, 0.3) is 5.91 Å². The SMILES string of the molecule is CC(C)(C)c1ccc(-c2nc(NC(=O)c3ccccc3Br)n[nH]2)cc1. The molecule has 0 unspecified atom stereocenters. The second-order valence-electron chi connectivity index (χ2n) is 6.77. The monoisotopic (exact) mass is 398 g/mol. The van der Waals surface area contributed by atoms with E-state index in [1.807, 2.05) is 24.3 Å². The molecule has 1 aromatic heterocycles. The number of amides is 1. The van der Waals surface area contributed by atoms with Gasteiger partial charge in [-0.25, -0.2) is 0 Å². The van der Waals surface area contributed by atoms with Gasteiger partial charge in [-0.3, -0.25) is 15.2 Å². The van der Waals surface area contributed by atoms with Crippen molar-refractivity contribution in [2.45, 2.75) is 26.2 Å². The summed E-state index contributed by atoms with van der Waals surface area (Å²) in [6.07, 6.45) is 0. The number of H-pyrrole nitrogens is 1. The second-order valence-corrected chi connectivity index (χ2v) is 7.62. The maximum atomic E-state index is 12.3. The molecule has 0 bridgehead atoms. The van der Waals surface area contributed by atoms with Crippen molar-refractivity contribution in [3.8, 4) is 11.4 Å². The summed E-state index contributed by atoms with van der Waals surface area (Å²) in [5.41, 5.74) is 2.80. The molecule has 3 rings (SSSR count). The zero-order valence-corrected chi connectivity index (χ0v) is 15.9. The average Bonchev–Trinajstić information content (AvgIpc) is 3.03. The lowest BCUT2D eigenvalue weighted by Crippen LogP contribution is -2.13. The van der Waals surface area contributed by atoms with E-state index in [4.69, 9.17) is 0 Å². The Hall–Kier alpha value is -2.47. The van der Waals surface area contributed by atoms with Crippen molar-refractivity contribution in [3.05, 3.63) is 64.1 Å². The number of nitrogens with one attached hydrogen (secondary N) is 2. The molecule has 0 radical (unpaired) electrons. The van der Waals surface area contributed by atoms with Crippen LogP contribution < -0.4 is 5.32 Å². The Morgan fingerprint density at radius 2 is 1.76 bits per heavy atom. The van der Waals surface area contributed by atoms with Crippen molar-refractivity contribution in [3.63, 3.8) is 0 Å². The lowest BCUT2D eigenvalue weighted by molar-refractivity contribution is 0.102. The molecule has 0 aliphatic rings. The summed E-state index contributed by atoms with van der Waals surface area (Å²) in [5.74, 6) is 0.597. The Bertz CT molecular complexity index is 894.